The first-order valence-electron chi connectivity index (χ1n) is 7.45. The number of carbonyl (C=O) groups excluding carboxylic acids is 1. The summed E-state index contributed by atoms with van der Waals surface area (Å²) in [5.74, 6) is 0.792. The fraction of sp³-hybridized carbons (Fsp3) is 0.438. The Morgan fingerprint density at radius 3 is 2.65 bits per heavy atom. The number of carbonyl (C=O) groups is 1. The van der Waals surface area contributed by atoms with E-state index in [1.165, 1.54) is 11.8 Å². The second-order valence-corrected chi connectivity index (χ2v) is 6.76. The number of aryl methyl sites for hydroxylation is 3. The second-order valence-electron chi connectivity index (χ2n) is 5.45. The standard InChI is InChI=1S/C16H22N4O2S/c1-11-7-12(2)9-14(8-11)22-6-5-17-15(21)13(3)23-16-19-18-10-20(16)4/h7-10,13H,5-6H2,1-4H3,(H,17,21)/t13-/m0/s1. The molecule has 0 aliphatic carbocycles. The average molecular weight is 334 g/mol. The van der Waals surface area contributed by atoms with Gasteiger partial charge in [0, 0.05) is 7.05 Å². The third-order valence-electron chi connectivity index (χ3n) is 3.19. The smallest absolute Gasteiger partial charge is 0.233 e. The molecule has 0 unspecified atom stereocenters. The summed E-state index contributed by atoms with van der Waals surface area (Å²) in [6, 6.07) is 6.07. The molecule has 0 fully saturated rings. The highest BCUT2D eigenvalue weighted by Crippen LogP contribution is 2.20. The van der Waals surface area contributed by atoms with Crippen molar-refractivity contribution in [2.75, 3.05) is 13.2 Å². The summed E-state index contributed by atoms with van der Waals surface area (Å²) >= 11 is 1.38. The number of hydrogen-bond acceptors (Lipinski definition) is 5. The van der Waals surface area contributed by atoms with Crippen molar-refractivity contribution < 1.29 is 9.53 Å². The molecule has 1 amide bonds. The molecule has 124 valence electrons. The summed E-state index contributed by atoms with van der Waals surface area (Å²) in [6.07, 6.45) is 1.62. The molecule has 0 saturated carbocycles. The highest BCUT2D eigenvalue weighted by atomic mass is 32.2. The second kappa shape index (κ2) is 8.01. The Kier molecular flexibility index (Phi) is 6.04. The largest absolute Gasteiger partial charge is 0.492 e. The van der Waals surface area contributed by atoms with Crippen LogP contribution in [-0.2, 0) is 11.8 Å². The minimum absolute atomic E-state index is 0.0398. The fourth-order valence-corrected chi connectivity index (χ4v) is 2.91. The number of ether oxygens (including phenoxy) is 1. The van der Waals surface area contributed by atoms with Crippen LogP contribution in [0.25, 0.3) is 0 Å². The number of benzene rings is 1. The zero-order valence-electron chi connectivity index (χ0n) is 13.9. The lowest BCUT2D eigenvalue weighted by molar-refractivity contribution is -0.120. The van der Waals surface area contributed by atoms with Crippen molar-refractivity contribution in [2.45, 2.75) is 31.2 Å². The monoisotopic (exact) mass is 334 g/mol. The van der Waals surface area contributed by atoms with E-state index in [1.807, 2.05) is 40.0 Å². The number of amides is 1. The van der Waals surface area contributed by atoms with Crippen LogP contribution in [-0.4, -0.2) is 39.1 Å². The van der Waals surface area contributed by atoms with Gasteiger partial charge in [-0.05, 0) is 44.0 Å². The predicted octanol–water partition coefficient (Wildman–Crippen LogP) is 2.11. The van der Waals surface area contributed by atoms with Gasteiger partial charge < -0.3 is 14.6 Å². The third-order valence-corrected chi connectivity index (χ3v) is 4.33. The maximum atomic E-state index is 12.1. The molecular formula is C16H22N4O2S. The number of nitrogens with one attached hydrogen (secondary N) is 1. The number of rotatable bonds is 7. The molecule has 0 spiro atoms. The lowest BCUT2D eigenvalue weighted by Gasteiger charge is -2.12. The van der Waals surface area contributed by atoms with Crippen LogP contribution in [0, 0.1) is 13.8 Å². The first-order chi connectivity index (χ1) is 11.0. The zero-order chi connectivity index (χ0) is 16.8. The van der Waals surface area contributed by atoms with Crippen LogP contribution in [0.15, 0.2) is 29.7 Å². The van der Waals surface area contributed by atoms with E-state index in [4.69, 9.17) is 4.74 Å². The van der Waals surface area contributed by atoms with E-state index in [0.717, 1.165) is 22.0 Å². The Bertz CT molecular complexity index is 652. The summed E-state index contributed by atoms with van der Waals surface area (Å²) in [7, 11) is 1.85. The Balaban J connectivity index is 1.73. The van der Waals surface area contributed by atoms with E-state index in [9.17, 15) is 4.79 Å². The molecule has 0 aliphatic rings. The van der Waals surface area contributed by atoms with Crippen LogP contribution in [0.1, 0.15) is 18.1 Å². The van der Waals surface area contributed by atoms with E-state index < -0.39 is 0 Å². The molecule has 0 bridgehead atoms. The summed E-state index contributed by atoms with van der Waals surface area (Å²) in [5, 5.41) is 11.1. The predicted molar refractivity (Wildman–Crippen MR) is 90.7 cm³/mol. The quantitative estimate of drug-likeness (QED) is 0.620. The molecule has 1 heterocycles. The summed E-state index contributed by atoms with van der Waals surface area (Å²) < 4.78 is 7.46. The Hall–Kier alpha value is -2.02. The maximum absolute atomic E-state index is 12.1. The Morgan fingerprint density at radius 1 is 1.35 bits per heavy atom. The van der Waals surface area contributed by atoms with E-state index in [1.54, 1.807) is 10.9 Å². The van der Waals surface area contributed by atoms with Crippen LogP contribution < -0.4 is 10.1 Å². The minimum Gasteiger partial charge on any atom is -0.492 e. The van der Waals surface area contributed by atoms with Gasteiger partial charge in [0.15, 0.2) is 5.16 Å². The van der Waals surface area contributed by atoms with Crippen molar-refractivity contribution in [3.05, 3.63) is 35.7 Å². The summed E-state index contributed by atoms with van der Waals surface area (Å²) in [4.78, 5) is 12.1. The summed E-state index contributed by atoms with van der Waals surface area (Å²) in [6.45, 7) is 6.82. The molecule has 1 aromatic carbocycles. The van der Waals surface area contributed by atoms with Gasteiger partial charge in [0.05, 0.1) is 11.8 Å². The van der Waals surface area contributed by atoms with Crippen molar-refractivity contribution >= 4 is 17.7 Å². The summed E-state index contributed by atoms with van der Waals surface area (Å²) in [5.41, 5.74) is 2.33. The SMILES string of the molecule is Cc1cc(C)cc(OCCNC(=O)[C@H](C)Sc2nncn2C)c1. The van der Waals surface area contributed by atoms with Crippen molar-refractivity contribution in [1.29, 1.82) is 0 Å². The first kappa shape index (κ1) is 17.3. The van der Waals surface area contributed by atoms with Crippen LogP contribution in [0.3, 0.4) is 0 Å². The topological polar surface area (TPSA) is 69.0 Å². The highest BCUT2D eigenvalue weighted by molar-refractivity contribution is 8.00. The van der Waals surface area contributed by atoms with E-state index in [0.29, 0.717) is 13.2 Å². The molecular weight excluding hydrogens is 312 g/mol. The number of hydrogen-bond donors (Lipinski definition) is 1. The van der Waals surface area contributed by atoms with E-state index in [-0.39, 0.29) is 11.2 Å². The highest BCUT2D eigenvalue weighted by Gasteiger charge is 2.16. The van der Waals surface area contributed by atoms with Gasteiger partial charge >= 0.3 is 0 Å². The molecule has 2 aromatic rings. The van der Waals surface area contributed by atoms with Gasteiger partial charge in [-0.2, -0.15) is 0 Å². The van der Waals surface area contributed by atoms with Crippen LogP contribution in [0.4, 0.5) is 0 Å². The molecule has 2 rings (SSSR count). The first-order valence-corrected chi connectivity index (χ1v) is 8.33. The third kappa shape index (κ3) is 5.28. The van der Waals surface area contributed by atoms with Gasteiger partial charge in [-0.15, -0.1) is 10.2 Å². The molecule has 7 heteroatoms. The van der Waals surface area contributed by atoms with Gasteiger partial charge in [0.1, 0.15) is 18.7 Å². The average Bonchev–Trinajstić information content (AvgIpc) is 2.87. The number of aromatic nitrogens is 3. The Morgan fingerprint density at radius 2 is 2.04 bits per heavy atom. The normalized spacial score (nSPS) is 12.0. The van der Waals surface area contributed by atoms with Crippen LogP contribution in [0.2, 0.25) is 0 Å². The van der Waals surface area contributed by atoms with Crippen molar-refractivity contribution in [2.24, 2.45) is 7.05 Å². The van der Waals surface area contributed by atoms with Gasteiger partial charge in [-0.3, -0.25) is 4.79 Å². The van der Waals surface area contributed by atoms with E-state index in [2.05, 4.69) is 21.6 Å². The molecule has 0 radical (unpaired) electrons. The maximum Gasteiger partial charge on any atom is 0.233 e. The molecule has 0 saturated heterocycles. The van der Waals surface area contributed by atoms with Crippen molar-refractivity contribution in [1.82, 2.24) is 20.1 Å². The molecule has 23 heavy (non-hydrogen) atoms. The molecule has 1 N–H and O–H groups in total. The molecule has 1 aromatic heterocycles. The minimum atomic E-state index is -0.237. The van der Waals surface area contributed by atoms with Crippen molar-refractivity contribution in [3.8, 4) is 5.75 Å². The number of thioether (sulfide) groups is 1. The molecule has 0 aliphatic heterocycles. The molecule has 6 nitrogen and oxygen atoms in total. The number of nitrogens with zero attached hydrogens (tertiary/aromatic N) is 3. The van der Waals surface area contributed by atoms with Gasteiger partial charge in [-0.25, -0.2) is 0 Å². The van der Waals surface area contributed by atoms with Gasteiger partial charge in [-0.1, -0.05) is 17.8 Å². The molecule has 1 atom stereocenters. The van der Waals surface area contributed by atoms with Crippen LogP contribution >= 0.6 is 11.8 Å². The zero-order valence-corrected chi connectivity index (χ0v) is 14.7. The Labute approximate surface area is 140 Å². The van der Waals surface area contributed by atoms with Crippen LogP contribution in [0.5, 0.6) is 5.75 Å². The van der Waals surface area contributed by atoms with Gasteiger partial charge in [0.25, 0.3) is 0 Å². The van der Waals surface area contributed by atoms with Gasteiger partial charge in [0.2, 0.25) is 5.91 Å². The fourth-order valence-electron chi connectivity index (χ4n) is 2.09. The van der Waals surface area contributed by atoms with Crippen molar-refractivity contribution in [3.63, 3.8) is 0 Å². The lowest BCUT2D eigenvalue weighted by Crippen LogP contribution is -2.34. The van der Waals surface area contributed by atoms with E-state index >= 15 is 0 Å². The lowest BCUT2D eigenvalue weighted by atomic mass is 10.1.